The summed E-state index contributed by atoms with van der Waals surface area (Å²) in [6, 6.07) is 8.99. The molecule has 0 aliphatic carbocycles. The molecule has 2 aromatic carbocycles. The van der Waals surface area contributed by atoms with E-state index in [9.17, 15) is 27.3 Å². The fourth-order valence-corrected chi connectivity index (χ4v) is 11.3. The van der Waals surface area contributed by atoms with Gasteiger partial charge in [0.15, 0.2) is 11.4 Å². The van der Waals surface area contributed by atoms with Crippen LogP contribution >= 0.6 is 19.7 Å². The molecule has 26 heavy (non-hydrogen) atoms. The fraction of sp³-hybridized carbons (Fsp3) is 0. The monoisotopic (exact) mass is 440 g/mol. The molecule has 0 aliphatic heterocycles. The summed E-state index contributed by atoms with van der Waals surface area (Å²) in [6.45, 7) is 0. The standard InChI is InChI=1S/C12H12N2O8S4/c15-13(16)9-3-1-5-11(7-9)25(19,20)23-24-26(21,22)12-6-2-4-10(8-12)14(17)18/h1-8,13-15,17H. The number of quaternary nitrogens is 2. The van der Waals surface area contributed by atoms with E-state index in [-0.39, 0.29) is 40.8 Å². The number of nitrogens with one attached hydrogen (secondary N) is 2. The third-order valence-corrected chi connectivity index (χ3v) is 12.6. The van der Waals surface area contributed by atoms with Gasteiger partial charge >= 0.3 is 0 Å². The molecule has 2 atom stereocenters. The smallest absolute Gasteiger partial charge is 0.241 e. The number of hydrogen-bond donors (Lipinski definition) is 4. The molecule has 0 amide bonds. The van der Waals surface area contributed by atoms with Gasteiger partial charge in [-0.05, 0) is 12.1 Å². The predicted molar refractivity (Wildman–Crippen MR) is 94.0 cm³/mol. The Bertz CT molecular complexity index is 910. The lowest BCUT2D eigenvalue weighted by atomic mass is 10.3. The van der Waals surface area contributed by atoms with Gasteiger partial charge in [0.2, 0.25) is 17.7 Å². The van der Waals surface area contributed by atoms with E-state index in [4.69, 9.17) is 10.4 Å². The Balaban J connectivity index is 2.23. The topological polar surface area (TPSA) is 164 Å². The van der Waals surface area contributed by atoms with Crippen LogP contribution in [0.1, 0.15) is 0 Å². The van der Waals surface area contributed by atoms with Crippen molar-refractivity contribution >= 4 is 48.8 Å². The van der Waals surface area contributed by atoms with Gasteiger partial charge in [0.25, 0.3) is 0 Å². The average Bonchev–Trinajstić information content (AvgIpc) is 2.60. The summed E-state index contributed by atoms with van der Waals surface area (Å²) >= 11 is 0. The van der Waals surface area contributed by atoms with Crippen molar-refractivity contribution in [2.24, 2.45) is 0 Å². The summed E-state index contributed by atoms with van der Waals surface area (Å²) in [6.07, 6.45) is 0. The summed E-state index contributed by atoms with van der Waals surface area (Å²) in [4.78, 5) is -0.714. The molecule has 4 N–H and O–H groups in total. The summed E-state index contributed by atoms with van der Waals surface area (Å²) in [5.41, 5.74) is -0.512. The van der Waals surface area contributed by atoms with Gasteiger partial charge in [0, 0.05) is 24.3 Å². The van der Waals surface area contributed by atoms with E-state index in [1.807, 2.05) is 0 Å². The molecule has 142 valence electrons. The second-order valence-electron chi connectivity index (χ2n) is 4.71. The van der Waals surface area contributed by atoms with E-state index in [1.54, 1.807) is 0 Å². The first-order chi connectivity index (χ1) is 12.0. The molecule has 0 spiro atoms. The minimum absolute atomic E-state index is 0.0288. The molecule has 0 bridgehead atoms. The van der Waals surface area contributed by atoms with Crippen LogP contribution in [0.4, 0.5) is 11.4 Å². The van der Waals surface area contributed by atoms with Gasteiger partial charge in [-0.15, -0.1) is 0 Å². The van der Waals surface area contributed by atoms with Crippen LogP contribution in [0.5, 0.6) is 0 Å². The first-order valence-electron chi connectivity index (χ1n) is 6.57. The second kappa shape index (κ2) is 8.22. The van der Waals surface area contributed by atoms with Crippen LogP contribution < -0.4 is 10.5 Å². The van der Waals surface area contributed by atoms with Crippen LogP contribution in [0.25, 0.3) is 0 Å². The molecule has 0 aromatic heterocycles. The highest BCUT2D eigenvalue weighted by Crippen LogP contribution is 2.41. The number of benzene rings is 2. The Morgan fingerprint density at radius 3 is 1.38 bits per heavy atom. The molecule has 0 fully saturated rings. The Hall–Kier alpha value is -1.20. The minimum atomic E-state index is -4.16. The normalized spacial score (nSPS) is 14.8. The van der Waals surface area contributed by atoms with Crippen LogP contribution in [0.15, 0.2) is 58.3 Å². The molecular formula is C12H12N2O8S4. The Labute approximate surface area is 155 Å². The molecule has 0 aliphatic rings. The molecule has 0 radical (unpaired) electrons. The van der Waals surface area contributed by atoms with Crippen molar-refractivity contribution in [1.82, 2.24) is 0 Å². The van der Waals surface area contributed by atoms with Gasteiger partial charge in [0.1, 0.15) is 0 Å². The van der Waals surface area contributed by atoms with E-state index >= 15 is 0 Å². The van der Waals surface area contributed by atoms with E-state index in [1.165, 1.54) is 24.3 Å². The molecule has 10 nitrogen and oxygen atoms in total. The van der Waals surface area contributed by atoms with Crippen LogP contribution in [0, 0.1) is 10.4 Å². The van der Waals surface area contributed by atoms with Crippen LogP contribution in [0.3, 0.4) is 0 Å². The van der Waals surface area contributed by atoms with Crippen molar-refractivity contribution in [2.75, 3.05) is 0 Å². The molecular weight excluding hydrogens is 428 g/mol. The quantitative estimate of drug-likeness (QED) is 0.339. The third kappa shape index (κ3) is 5.17. The second-order valence-corrected chi connectivity index (χ2v) is 13.6. The maximum Gasteiger partial charge on any atom is 0.241 e. The van der Waals surface area contributed by atoms with Crippen molar-refractivity contribution < 1.29 is 37.7 Å². The lowest BCUT2D eigenvalue weighted by Gasteiger charge is -2.13. The summed E-state index contributed by atoms with van der Waals surface area (Å²) < 4.78 is 49.0. The zero-order chi connectivity index (χ0) is 19.5. The first-order valence-corrected chi connectivity index (χ1v) is 12.7. The zero-order valence-corrected chi connectivity index (χ0v) is 15.9. The Kier molecular flexibility index (Phi) is 6.67. The zero-order valence-electron chi connectivity index (χ0n) is 12.6. The molecule has 0 heterocycles. The van der Waals surface area contributed by atoms with E-state index in [2.05, 4.69) is 0 Å². The van der Waals surface area contributed by atoms with Crippen molar-refractivity contribution in [3.63, 3.8) is 0 Å². The van der Waals surface area contributed by atoms with Gasteiger partial charge in [-0.2, -0.15) is 10.5 Å². The molecule has 2 rings (SSSR count). The highest BCUT2D eigenvalue weighted by atomic mass is 33.7. The Morgan fingerprint density at radius 1 is 0.731 bits per heavy atom. The summed E-state index contributed by atoms with van der Waals surface area (Å²) in [7, 11) is -8.27. The number of rotatable bonds is 7. The van der Waals surface area contributed by atoms with Crippen LogP contribution in [0.2, 0.25) is 0 Å². The first kappa shape index (κ1) is 21.1. The van der Waals surface area contributed by atoms with Gasteiger partial charge in [-0.1, -0.05) is 12.1 Å². The van der Waals surface area contributed by atoms with Gasteiger partial charge in [-0.3, -0.25) is 0 Å². The minimum Gasteiger partial charge on any atom is -0.595 e. The van der Waals surface area contributed by atoms with E-state index < -0.39 is 28.2 Å². The lowest BCUT2D eigenvalue weighted by molar-refractivity contribution is -0.991. The summed E-state index contributed by atoms with van der Waals surface area (Å²) in [5.74, 6) is 0. The number of hydrogen-bond acceptors (Lipinski definition) is 10. The molecule has 2 aromatic rings. The van der Waals surface area contributed by atoms with Crippen LogP contribution in [-0.4, -0.2) is 27.3 Å². The highest BCUT2D eigenvalue weighted by molar-refractivity contribution is 9.23. The Morgan fingerprint density at radius 2 is 1.08 bits per heavy atom. The predicted octanol–water partition coefficient (Wildman–Crippen LogP) is -0.0476. The van der Waals surface area contributed by atoms with Crippen LogP contribution in [-0.2, 0) is 17.7 Å². The van der Waals surface area contributed by atoms with Crippen molar-refractivity contribution in [3.8, 4) is 0 Å². The molecule has 0 saturated carbocycles. The molecule has 2 unspecified atom stereocenters. The largest absolute Gasteiger partial charge is 0.595 e. The fourth-order valence-electron chi connectivity index (χ4n) is 1.72. The lowest BCUT2D eigenvalue weighted by Crippen LogP contribution is -2.99. The highest BCUT2D eigenvalue weighted by Gasteiger charge is 2.25. The van der Waals surface area contributed by atoms with Gasteiger partial charge in [0.05, 0.1) is 29.4 Å². The van der Waals surface area contributed by atoms with Crippen molar-refractivity contribution in [2.45, 2.75) is 9.79 Å². The van der Waals surface area contributed by atoms with Crippen molar-refractivity contribution in [1.29, 1.82) is 0 Å². The van der Waals surface area contributed by atoms with Crippen molar-refractivity contribution in [3.05, 3.63) is 58.9 Å². The SMILES string of the molecule is O=S(=O)(SSS(=O)(=O)c1cccc([NH+]([O-])O)c1)c1cccc([NH+]([O-])O)c1. The maximum absolute atomic E-state index is 12.3. The molecule has 14 heteroatoms. The average molecular weight is 441 g/mol. The maximum atomic E-state index is 12.3. The van der Waals surface area contributed by atoms with Gasteiger partial charge < -0.3 is 10.4 Å². The van der Waals surface area contributed by atoms with E-state index in [0.717, 1.165) is 24.3 Å². The van der Waals surface area contributed by atoms with Gasteiger partial charge in [-0.25, -0.2) is 27.3 Å². The molecule has 0 saturated heterocycles. The summed E-state index contributed by atoms with van der Waals surface area (Å²) in [5, 5.41) is 37.0. The van der Waals surface area contributed by atoms with E-state index in [0.29, 0.717) is 0 Å². The third-order valence-electron chi connectivity index (χ3n) is 2.95.